The summed E-state index contributed by atoms with van der Waals surface area (Å²) in [6, 6.07) is 12.4. The first-order valence-corrected chi connectivity index (χ1v) is 8.34. The Hall–Kier alpha value is -3.22. The molecule has 1 saturated heterocycles. The van der Waals surface area contributed by atoms with E-state index in [1.54, 1.807) is 24.3 Å². The third-order valence-electron chi connectivity index (χ3n) is 4.50. The fourth-order valence-electron chi connectivity index (χ4n) is 3.18. The maximum Gasteiger partial charge on any atom is 0.344 e. The third-order valence-corrected chi connectivity index (χ3v) is 4.50. The van der Waals surface area contributed by atoms with Crippen LogP contribution in [0.2, 0.25) is 0 Å². The number of amides is 1. The molecule has 132 valence electrons. The minimum absolute atomic E-state index is 0.0171. The first-order valence-electron chi connectivity index (χ1n) is 8.34. The van der Waals surface area contributed by atoms with Gasteiger partial charge in [-0.15, -0.1) is 5.10 Å². The van der Waals surface area contributed by atoms with Gasteiger partial charge in [-0.1, -0.05) is 18.2 Å². The summed E-state index contributed by atoms with van der Waals surface area (Å²) in [5.74, 6) is 0.396. The molecule has 1 aliphatic rings. The Balaban J connectivity index is 1.49. The zero-order valence-electron chi connectivity index (χ0n) is 14.5. The van der Waals surface area contributed by atoms with Crippen molar-refractivity contribution in [3.63, 3.8) is 0 Å². The van der Waals surface area contributed by atoms with Gasteiger partial charge in [0.1, 0.15) is 0 Å². The molecule has 1 amide bonds. The maximum atomic E-state index is 12.5. The van der Waals surface area contributed by atoms with Gasteiger partial charge in [0, 0.05) is 13.1 Å². The summed E-state index contributed by atoms with van der Waals surface area (Å²) in [6.07, 6.45) is 0. The van der Waals surface area contributed by atoms with Gasteiger partial charge in [0.25, 0.3) is 5.91 Å². The molecule has 3 heterocycles. The molecule has 0 atom stereocenters. The molecule has 7 nitrogen and oxygen atoms in total. The smallest absolute Gasteiger partial charge is 0.344 e. The van der Waals surface area contributed by atoms with Crippen LogP contribution in [-0.2, 0) is 0 Å². The number of fused-ring (bicyclic) bond motifs is 1. The van der Waals surface area contributed by atoms with E-state index < -0.39 is 17.1 Å². The molecule has 0 radical (unpaired) electrons. The van der Waals surface area contributed by atoms with Crippen LogP contribution in [0.25, 0.3) is 10.8 Å². The van der Waals surface area contributed by atoms with Crippen LogP contribution in [0.4, 0.5) is 5.82 Å². The highest BCUT2D eigenvalue weighted by molar-refractivity contribution is 5.95. The van der Waals surface area contributed by atoms with Crippen LogP contribution in [0.5, 0.6) is 0 Å². The van der Waals surface area contributed by atoms with Gasteiger partial charge in [-0.3, -0.25) is 4.79 Å². The van der Waals surface area contributed by atoms with Crippen LogP contribution in [0, 0.1) is 6.92 Å². The molecule has 4 rings (SSSR count). The van der Waals surface area contributed by atoms with Crippen LogP contribution in [0.15, 0.2) is 51.7 Å². The molecule has 2 aromatic heterocycles. The molecule has 1 fully saturated rings. The van der Waals surface area contributed by atoms with Crippen molar-refractivity contribution in [1.82, 2.24) is 15.5 Å². The summed E-state index contributed by atoms with van der Waals surface area (Å²) in [6.45, 7) is 5.04. The topological polar surface area (TPSA) is 88.3 Å². The fraction of sp³-hybridized carbons (Fsp3) is 0.263. The lowest BCUT2D eigenvalue weighted by molar-refractivity contribution is 0.0856. The number of benzene rings is 1. The SMILES string of the molecule is Cc1ccc(N2CC(C)(NC(=O)c3cc4ccccc4c(=O)o3)C2)nn1. The number of nitrogens with zero attached hydrogens (tertiary/aromatic N) is 3. The Morgan fingerprint density at radius 1 is 1.19 bits per heavy atom. The Kier molecular flexibility index (Phi) is 3.72. The number of nitrogens with one attached hydrogen (secondary N) is 1. The zero-order chi connectivity index (χ0) is 18.3. The second-order valence-electron chi connectivity index (χ2n) is 6.89. The number of anilines is 1. The van der Waals surface area contributed by atoms with E-state index in [0.29, 0.717) is 23.9 Å². The Morgan fingerprint density at radius 3 is 2.69 bits per heavy atom. The van der Waals surface area contributed by atoms with E-state index in [9.17, 15) is 9.59 Å². The van der Waals surface area contributed by atoms with Crippen LogP contribution in [0.3, 0.4) is 0 Å². The van der Waals surface area contributed by atoms with Crippen molar-refractivity contribution in [2.75, 3.05) is 18.0 Å². The van der Waals surface area contributed by atoms with E-state index in [0.717, 1.165) is 11.5 Å². The highest BCUT2D eigenvalue weighted by atomic mass is 16.4. The van der Waals surface area contributed by atoms with Crippen molar-refractivity contribution in [3.05, 3.63) is 64.3 Å². The molecule has 1 N–H and O–H groups in total. The molecule has 0 saturated carbocycles. The monoisotopic (exact) mass is 350 g/mol. The molecule has 1 aromatic carbocycles. The van der Waals surface area contributed by atoms with Crippen molar-refractivity contribution in [2.45, 2.75) is 19.4 Å². The maximum absolute atomic E-state index is 12.5. The van der Waals surface area contributed by atoms with E-state index >= 15 is 0 Å². The van der Waals surface area contributed by atoms with Crippen molar-refractivity contribution < 1.29 is 9.21 Å². The van der Waals surface area contributed by atoms with Gasteiger partial charge in [0.2, 0.25) is 0 Å². The first kappa shape index (κ1) is 16.3. The molecule has 0 aliphatic carbocycles. The molecule has 0 spiro atoms. The number of hydrogen-bond acceptors (Lipinski definition) is 6. The second kappa shape index (κ2) is 5.94. The molecular formula is C19H18N4O3. The van der Waals surface area contributed by atoms with Crippen molar-refractivity contribution in [2.24, 2.45) is 0 Å². The first-order chi connectivity index (χ1) is 12.4. The third kappa shape index (κ3) is 2.92. The summed E-state index contributed by atoms with van der Waals surface area (Å²) in [7, 11) is 0. The lowest BCUT2D eigenvalue weighted by atomic mass is 9.92. The molecule has 7 heteroatoms. The Bertz CT molecular complexity index is 1040. The minimum Gasteiger partial charge on any atom is -0.417 e. The number of carbonyl (C=O) groups excluding carboxylic acids is 1. The van der Waals surface area contributed by atoms with E-state index in [1.165, 1.54) is 0 Å². The average molecular weight is 350 g/mol. The van der Waals surface area contributed by atoms with Crippen LogP contribution >= 0.6 is 0 Å². The Labute approximate surface area is 149 Å². The highest BCUT2D eigenvalue weighted by Crippen LogP contribution is 2.26. The largest absolute Gasteiger partial charge is 0.417 e. The van der Waals surface area contributed by atoms with Gasteiger partial charge in [0.05, 0.1) is 16.6 Å². The van der Waals surface area contributed by atoms with E-state index in [1.807, 2.05) is 36.9 Å². The van der Waals surface area contributed by atoms with Crippen molar-refractivity contribution in [3.8, 4) is 0 Å². The summed E-state index contributed by atoms with van der Waals surface area (Å²) >= 11 is 0. The molecule has 0 bridgehead atoms. The number of carbonyl (C=O) groups is 1. The van der Waals surface area contributed by atoms with Gasteiger partial charge in [-0.25, -0.2) is 4.79 Å². The fourth-order valence-corrected chi connectivity index (χ4v) is 3.18. The van der Waals surface area contributed by atoms with Gasteiger partial charge in [-0.2, -0.15) is 5.10 Å². The quantitative estimate of drug-likeness (QED) is 0.776. The number of rotatable bonds is 3. The second-order valence-corrected chi connectivity index (χ2v) is 6.89. The standard InChI is InChI=1S/C19H18N4O3/c1-12-7-8-16(22-21-12)23-10-19(2,11-23)20-17(24)15-9-13-5-3-4-6-14(13)18(25)26-15/h3-9H,10-11H2,1-2H3,(H,20,24). The molecule has 0 unspecified atom stereocenters. The zero-order valence-corrected chi connectivity index (χ0v) is 14.5. The van der Waals surface area contributed by atoms with Gasteiger partial charge < -0.3 is 14.6 Å². The normalized spacial score (nSPS) is 15.5. The van der Waals surface area contributed by atoms with E-state index in [-0.39, 0.29) is 5.76 Å². The Morgan fingerprint density at radius 2 is 1.96 bits per heavy atom. The van der Waals surface area contributed by atoms with Gasteiger partial charge >= 0.3 is 5.63 Å². The van der Waals surface area contributed by atoms with Crippen molar-refractivity contribution in [1.29, 1.82) is 0 Å². The number of hydrogen-bond donors (Lipinski definition) is 1. The van der Waals surface area contributed by atoms with Gasteiger partial charge in [0.15, 0.2) is 11.6 Å². The predicted molar refractivity (Wildman–Crippen MR) is 97.3 cm³/mol. The lowest BCUT2D eigenvalue weighted by Gasteiger charge is -2.48. The van der Waals surface area contributed by atoms with Gasteiger partial charge in [-0.05, 0) is 43.5 Å². The average Bonchev–Trinajstić information content (AvgIpc) is 2.60. The molecule has 3 aromatic rings. The highest BCUT2D eigenvalue weighted by Gasteiger charge is 2.41. The summed E-state index contributed by atoms with van der Waals surface area (Å²) in [5, 5.41) is 12.3. The molecule has 26 heavy (non-hydrogen) atoms. The summed E-state index contributed by atoms with van der Waals surface area (Å²) in [4.78, 5) is 26.6. The summed E-state index contributed by atoms with van der Waals surface area (Å²) in [5.41, 5.74) is -0.0753. The van der Waals surface area contributed by atoms with Crippen molar-refractivity contribution >= 4 is 22.5 Å². The van der Waals surface area contributed by atoms with Crippen LogP contribution < -0.4 is 15.8 Å². The summed E-state index contributed by atoms with van der Waals surface area (Å²) < 4.78 is 5.19. The minimum atomic E-state index is -0.511. The molecule has 1 aliphatic heterocycles. The van der Waals surface area contributed by atoms with E-state index in [2.05, 4.69) is 15.5 Å². The number of aromatic nitrogens is 2. The molecular weight excluding hydrogens is 332 g/mol. The predicted octanol–water partition coefficient (Wildman–Crippen LogP) is 1.90. The lowest BCUT2D eigenvalue weighted by Crippen LogP contribution is -2.69. The van der Waals surface area contributed by atoms with Crippen LogP contribution in [0.1, 0.15) is 23.2 Å². The van der Waals surface area contributed by atoms with E-state index in [4.69, 9.17) is 4.42 Å². The number of aryl methyl sites for hydroxylation is 1. The van der Waals surface area contributed by atoms with Crippen LogP contribution in [-0.4, -0.2) is 34.7 Å².